The average molecular weight is 287 g/mol. The van der Waals surface area contributed by atoms with Crippen LogP contribution in [0.15, 0.2) is 24.3 Å². The van der Waals surface area contributed by atoms with Crippen molar-refractivity contribution < 1.29 is 18.0 Å². The number of alkyl halides is 3. The van der Waals surface area contributed by atoms with Gasteiger partial charge in [0.2, 0.25) is 0 Å². The lowest BCUT2D eigenvalue weighted by Crippen LogP contribution is -2.35. The number of carbonyl (C=O) groups excluding carboxylic acids is 1. The Bertz CT molecular complexity index is 437. The van der Waals surface area contributed by atoms with Gasteiger partial charge >= 0.3 is 6.18 Å². The van der Waals surface area contributed by atoms with Crippen molar-refractivity contribution in [3.8, 4) is 0 Å². The first kappa shape index (κ1) is 16.5. The van der Waals surface area contributed by atoms with Gasteiger partial charge in [-0.2, -0.15) is 13.2 Å². The molecule has 112 valence electrons. The molecule has 1 aromatic rings. The van der Waals surface area contributed by atoms with Crippen LogP contribution in [0.2, 0.25) is 0 Å². The standard InChI is InChI=1S/C15H20F3NO/c1-3-7-11(8-4-2)19-14(20)12-9-5-6-10-13(12)15(16,17)18/h5-6,9-11H,3-4,7-8H2,1-2H3,(H,19,20). The number of amides is 1. The van der Waals surface area contributed by atoms with E-state index < -0.39 is 17.6 Å². The summed E-state index contributed by atoms with van der Waals surface area (Å²) in [5.74, 6) is -0.648. The largest absolute Gasteiger partial charge is 0.417 e. The Morgan fingerprint density at radius 3 is 2.20 bits per heavy atom. The molecule has 0 spiro atoms. The molecule has 20 heavy (non-hydrogen) atoms. The van der Waals surface area contributed by atoms with Gasteiger partial charge in [-0.1, -0.05) is 38.8 Å². The Hall–Kier alpha value is -1.52. The molecular formula is C15H20F3NO. The van der Waals surface area contributed by atoms with Crippen LogP contribution in [-0.2, 0) is 6.18 Å². The van der Waals surface area contributed by atoms with Crippen LogP contribution in [-0.4, -0.2) is 11.9 Å². The first-order chi connectivity index (χ1) is 9.40. The van der Waals surface area contributed by atoms with Crippen LogP contribution >= 0.6 is 0 Å². The number of hydrogen-bond donors (Lipinski definition) is 1. The molecular weight excluding hydrogens is 267 g/mol. The fourth-order valence-corrected chi connectivity index (χ4v) is 2.18. The number of rotatable bonds is 6. The quantitative estimate of drug-likeness (QED) is 0.825. The maximum Gasteiger partial charge on any atom is 0.417 e. The van der Waals surface area contributed by atoms with Crippen molar-refractivity contribution in [3.05, 3.63) is 35.4 Å². The molecule has 0 bridgehead atoms. The van der Waals surface area contributed by atoms with Crippen LogP contribution in [0, 0.1) is 0 Å². The Balaban J connectivity index is 2.92. The minimum absolute atomic E-state index is 0.0706. The maximum atomic E-state index is 12.9. The predicted molar refractivity (Wildman–Crippen MR) is 72.5 cm³/mol. The van der Waals surface area contributed by atoms with Gasteiger partial charge in [-0.25, -0.2) is 0 Å². The molecule has 2 nitrogen and oxygen atoms in total. The Morgan fingerprint density at radius 1 is 1.15 bits per heavy atom. The van der Waals surface area contributed by atoms with Gasteiger partial charge in [-0.05, 0) is 25.0 Å². The SMILES string of the molecule is CCCC(CCC)NC(=O)c1ccccc1C(F)(F)F. The smallest absolute Gasteiger partial charge is 0.349 e. The summed E-state index contributed by atoms with van der Waals surface area (Å²) in [5, 5.41) is 2.71. The van der Waals surface area contributed by atoms with Crippen LogP contribution in [0.25, 0.3) is 0 Å². The molecule has 0 atom stereocenters. The van der Waals surface area contributed by atoms with E-state index >= 15 is 0 Å². The lowest BCUT2D eigenvalue weighted by molar-refractivity contribution is -0.137. The maximum absolute atomic E-state index is 12.9. The van der Waals surface area contributed by atoms with Crippen molar-refractivity contribution in [2.75, 3.05) is 0 Å². The van der Waals surface area contributed by atoms with E-state index in [1.807, 2.05) is 13.8 Å². The lowest BCUT2D eigenvalue weighted by atomic mass is 10.0. The van der Waals surface area contributed by atoms with E-state index in [-0.39, 0.29) is 11.6 Å². The Morgan fingerprint density at radius 2 is 1.70 bits per heavy atom. The third kappa shape index (κ3) is 4.54. The van der Waals surface area contributed by atoms with E-state index in [4.69, 9.17) is 0 Å². The predicted octanol–water partition coefficient (Wildman–Crippen LogP) is 4.40. The second-order valence-electron chi connectivity index (χ2n) is 4.79. The summed E-state index contributed by atoms with van der Waals surface area (Å²) >= 11 is 0. The van der Waals surface area contributed by atoms with Crippen LogP contribution in [0.1, 0.15) is 55.5 Å². The highest BCUT2D eigenvalue weighted by Gasteiger charge is 2.35. The summed E-state index contributed by atoms with van der Waals surface area (Å²) < 4.78 is 38.6. The molecule has 0 saturated carbocycles. The Kier molecular flexibility index (Phi) is 6.05. The summed E-state index contributed by atoms with van der Waals surface area (Å²) in [6, 6.07) is 4.81. The van der Waals surface area contributed by atoms with Crippen molar-refractivity contribution >= 4 is 5.91 Å². The normalized spacial score (nSPS) is 11.7. The van der Waals surface area contributed by atoms with Gasteiger partial charge < -0.3 is 5.32 Å². The van der Waals surface area contributed by atoms with Gasteiger partial charge in [0.25, 0.3) is 5.91 Å². The van der Waals surface area contributed by atoms with Crippen molar-refractivity contribution in [2.24, 2.45) is 0 Å². The zero-order valence-electron chi connectivity index (χ0n) is 11.8. The van der Waals surface area contributed by atoms with E-state index in [9.17, 15) is 18.0 Å². The lowest BCUT2D eigenvalue weighted by Gasteiger charge is -2.19. The monoisotopic (exact) mass is 287 g/mol. The van der Waals surface area contributed by atoms with Crippen LogP contribution in [0.5, 0.6) is 0 Å². The van der Waals surface area contributed by atoms with E-state index in [1.165, 1.54) is 18.2 Å². The van der Waals surface area contributed by atoms with Crippen molar-refractivity contribution in [2.45, 2.75) is 51.7 Å². The Labute approximate surface area is 117 Å². The highest BCUT2D eigenvalue weighted by Crippen LogP contribution is 2.31. The number of halogens is 3. The molecule has 0 fully saturated rings. The first-order valence-electron chi connectivity index (χ1n) is 6.87. The van der Waals surface area contributed by atoms with E-state index in [0.29, 0.717) is 0 Å². The summed E-state index contributed by atoms with van der Waals surface area (Å²) in [6.45, 7) is 3.97. The zero-order chi connectivity index (χ0) is 15.2. The van der Waals surface area contributed by atoms with Crippen molar-refractivity contribution in [1.29, 1.82) is 0 Å². The highest BCUT2D eigenvalue weighted by molar-refractivity contribution is 5.96. The van der Waals surface area contributed by atoms with Gasteiger partial charge in [0.05, 0.1) is 11.1 Å². The van der Waals surface area contributed by atoms with Crippen LogP contribution in [0.3, 0.4) is 0 Å². The molecule has 1 aromatic carbocycles. The molecule has 0 aliphatic heterocycles. The fourth-order valence-electron chi connectivity index (χ4n) is 2.18. The molecule has 1 rings (SSSR count). The average Bonchev–Trinajstić information content (AvgIpc) is 2.38. The number of hydrogen-bond acceptors (Lipinski definition) is 1. The van der Waals surface area contributed by atoms with Gasteiger partial charge in [0, 0.05) is 6.04 Å². The van der Waals surface area contributed by atoms with Crippen LogP contribution < -0.4 is 5.32 Å². The minimum Gasteiger partial charge on any atom is -0.349 e. The van der Waals surface area contributed by atoms with Gasteiger partial charge in [-0.3, -0.25) is 4.79 Å². The van der Waals surface area contributed by atoms with Gasteiger partial charge in [-0.15, -0.1) is 0 Å². The van der Waals surface area contributed by atoms with Crippen LogP contribution in [0.4, 0.5) is 13.2 Å². The molecule has 1 amide bonds. The molecule has 1 N–H and O–H groups in total. The number of carbonyl (C=O) groups is 1. The number of benzene rings is 1. The topological polar surface area (TPSA) is 29.1 Å². The zero-order valence-corrected chi connectivity index (χ0v) is 11.8. The summed E-state index contributed by atoms with van der Waals surface area (Å²) in [7, 11) is 0. The highest BCUT2D eigenvalue weighted by atomic mass is 19.4. The number of nitrogens with one attached hydrogen (secondary N) is 1. The van der Waals surface area contributed by atoms with Gasteiger partial charge in [0.15, 0.2) is 0 Å². The van der Waals surface area contributed by atoms with Gasteiger partial charge in [0.1, 0.15) is 0 Å². The van der Waals surface area contributed by atoms with E-state index in [2.05, 4.69) is 5.32 Å². The molecule has 5 heteroatoms. The molecule has 0 saturated heterocycles. The molecule has 0 radical (unpaired) electrons. The minimum atomic E-state index is -4.51. The molecule has 0 unspecified atom stereocenters. The van der Waals surface area contributed by atoms with Crippen molar-refractivity contribution in [3.63, 3.8) is 0 Å². The second kappa shape index (κ2) is 7.31. The summed E-state index contributed by atoms with van der Waals surface area (Å²) in [5.41, 5.74) is -1.19. The third-order valence-electron chi connectivity index (χ3n) is 3.09. The molecule has 0 heterocycles. The first-order valence-corrected chi connectivity index (χ1v) is 6.87. The summed E-state index contributed by atoms with van der Waals surface area (Å²) in [4.78, 5) is 12.1. The summed E-state index contributed by atoms with van der Waals surface area (Å²) in [6.07, 6.45) is -1.21. The molecule has 0 aliphatic carbocycles. The van der Waals surface area contributed by atoms with Crippen molar-refractivity contribution in [1.82, 2.24) is 5.32 Å². The fraction of sp³-hybridized carbons (Fsp3) is 0.533. The second-order valence-corrected chi connectivity index (χ2v) is 4.79. The molecule has 0 aromatic heterocycles. The van der Waals surface area contributed by atoms with E-state index in [0.717, 1.165) is 31.7 Å². The third-order valence-corrected chi connectivity index (χ3v) is 3.09. The van der Waals surface area contributed by atoms with E-state index in [1.54, 1.807) is 0 Å². The molecule has 0 aliphatic rings.